The van der Waals surface area contributed by atoms with Crippen LogP contribution in [0.25, 0.3) is 16.9 Å². The number of sulfone groups is 1. The number of rotatable bonds is 3. The first kappa shape index (κ1) is 20.9. The van der Waals surface area contributed by atoms with Crippen molar-refractivity contribution in [3.8, 4) is 17.0 Å². The summed E-state index contributed by atoms with van der Waals surface area (Å²) in [7, 11) is -2.49. The van der Waals surface area contributed by atoms with Gasteiger partial charge in [-0.3, -0.25) is 4.40 Å². The summed E-state index contributed by atoms with van der Waals surface area (Å²) in [5.74, 6) is -0.226. The van der Waals surface area contributed by atoms with E-state index < -0.39 is 26.5 Å². The summed E-state index contributed by atoms with van der Waals surface area (Å²) < 4.78 is 70.8. The molecule has 0 saturated carbocycles. The molecule has 0 saturated heterocycles. The number of alkyl halides is 3. The summed E-state index contributed by atoms with van der Waals surface area (Å²) >= 11 is 0. The monoisotopic (exact) mass is 428 g/mol. The Labute approximate surface area is 165 Å². The third-order valence-corrected chi connectivity index (χ3v) is 6.82. The summed E-state index contributed by atoms with van der Waals surface area (Å²) in [5.41, 5.74) is 5.02. The number of methoxy groups -OCH3 is 1. The molecule has 0 aliphatic carbocycles. The fourth-order valence-corrected chi connectivity index (χ4v) is 4.05. The highest BCUT2D eigenvalue weighted by molar-refractivity contribution is 7.92. The number of nitrogens with two attached hydrogens (primary N) is 1. The van der Waals surface area contributed by atoms with Crippen molar-refractivity contribution in [2.45, 2.75) is 36.6 Å². The third-order valence-electron chi connectivity index (χ3n) is 4.32. The quantitative estimate of drug-likeness (QED) is 0.685. The van der Waals surface area contributed by atoms with Crippen LogP contribution in [0.5, 0.6) is 5.75 Å². The Balaban J connectivity index is 2.31. The average Bonchev–Trinajstić information content (AvgIpc) is 3.01. The lowest BCUT2D eigenvalue weighted by Crippen LogP contribution is -2.28. The van der Waals surface area contributed by atoms with Gasteiger partial charge in [-0.05, 0) is 32.9 Å². The van der Waals surface area contributed by atoms with E-state index in [1.165, 1.54) is 36.0 Å². The van der Waals surface area contributed by atoms with Crippen molar-refractivity contribution in [1.82, 2.24) is 14.4 Å². The van der Waals surface area contributed by atoms with Crippen LogP contribution >= 0.6 is 0 Å². The van der Waals surface area contributed by atoms with Crippen molar-refractivity contribution >= 4 is 21.3 Å². The van der Waals surface area contributed by atoms with Crippen LogP contribution < -0.4 is 10.5 Å². The van der Waals surface area contributed by atoms with Crippen molar-refractivity contribution in [2.24, 2.45) is 0 Å². The van der Waals surface area contributed by atoms with Gasteiger partial charge in [-0.1, -0.05) is 0 Å². The van der Waals surface area contributed by atoms with Gasteiger partial charge in [-0.2, -0.15) is 13.2 Å². The first-order valence-corrected chi connectivity index (χ1v) is 9.89. The zero-order valence-corrected chi connectivity index (χ0v) is 16.9. The van der Waals surface area contributed by atoms with E-state index in [0.29, 0.717) is 5.65 Å². The minimum atomic E-state index is -4.69. The Kier molecular flexibility index (Phi) is 4.77. The van der Waals surface area contributed by atoms with Crippen LogP contribution in [0.1, 0.15) is 26.5 Å². The third kappa shape index (κ3) is 3.61. The molecule has 7 nitrogen and oxygen atoms in total. The highest BCUT2D eigenvalue weighted by Gasteiger charge is 2.35. The van der Waals surface area contributed by atoms with E-state index in [1.54, 1.807) is 20.8 Å². The average molecular weight is 428 g/mol. The Morgan fingerprint density at radius 3 is 2.34 bits per heavy atom. The van der Waals surface area contributed by atoms with E-state index in [1.807, 2.05) is 0 Å². The lowest BCUT2D eigenvalue weighted by Gasteiger charge is -2.21. The molecule has 2 N–H and O–H groups in total. The van der Waals surface area contributed by atoms with Gasteiger partial charge < -0.3 is 10.5 Å². The molecule has 3 heterocycles. The second kappa shape index (κ2) is 6.61. The SMILES string of the molecule is COc1cc2ncc(-c3cc(N)nc(C(F)(F)F)c3)n2cc1S(=O)(=O)C(C)(C)C. The summed E-state index contributed by atoms with van der Waals surface area (Å²) in [6.07, 6.45) is -2.06. The van der Waals surface area contributed by atoms with Gasteiger partial charge in [0.15, 0.2) is 9.84 Å². The molecule has 0 bridgehead atoms. The van der Waals surface area contributed by atoms with E-state index in [-0.39, 0.29) is 27.7 Å². The number of halogens is 3. The first-order chi connectivity index (χ1) is 13.3. The fraction of sp³-hybridized carbons (Fsp3) is 0.333. The zero-order valence-electron chi connectivity index (χ0n) is 16.1. The highest BCUT2D eigenvalue weighted by Crippen LogP contribution is 2.36. The van der Waals surface area contributed by atoms with Crippen LogP contribution in [-0.4, -0.2) is 34.6 Å². The molecule has 3 aromatic rings. The van der Waals surface area contributed by atoms with Gasteiger partial charge in [-0.25, -0.2) is 18.4 Å². The predicted octanol–water partition coefficient (Wildman–Crippen LogP) is 3.58. The smallest absolute Gasteiger partial charge is 0.433 e. The van der Waals surface area contributed by atoms with E-state index in [0.717, 1.165) is 6.07 Å². The zero-order chi connectivity index (χ0) is 21.8. The first-order valence-electron chi connectivity index (χ1n) is 8.40. The van der Waals surface area contributed by atoms with Gasteiger partial charge in [0.2, 0.25) is 0 Å². The molecule has 0 fully saturated rings. The topological polar surface area (TPSA) is 99.6 Å². The van der Waals surface area contributed by atoms with Crippen LogP contribution in [0.2, 0.25) is 0 Å². The van der Waals surface area contributed by atoms with Crippen LogP contribution in [0.3, 0.4) is 0 Å². The maximum Gasteiger partial charge on any atom is 0.433 e. The molecule has 0 aromatic carbocycles. The van der Waals surface area contributed by atoms with E-state index >= 15 is 0 Å². The van der Waals surface area contributed by atoms with Crippen LogP contribution in [0.15, 0.2) is 35.5 Å². The number of ether oxygens (including phenoxy) is 1. The number of hydrogen-bond donors (Lipinski definition) is 1. The fourth-order valence-electron chi connectivity index (χ4n) is 2.74. The number of imidazole rings is 1. The Morgan fingerprint density at radius 2 is 1.79 bits per heavy atom. The number of nitrogen functional groups attached to an aromatic ring is 1. The number of pyridine rings is 2. The molecule has 3 aromatic heterocycles. The molecule has 0 unspecified atom stereocenters. The number of fused-ring (bicyclic) bond motifs is 1. The second-order valence-corrected chi connectivity index (χ2v) is 10.0. The Morgan fingerprint density at radius 1 is 1.14 bits per heavy atom. The molecule has 0 spiro atoms. The molecular weight excluding hydrogens is 409 g/mol. The molecule has 156 valence electrons. The van der Waals surface area contributed by atoms with E-state index in [9.17, 15) is 21.6 Å². The number of aromatic nitrogens is 3. The van der Waals surface area contributed by atoms with Gasteiger partial charge >= 0.3 is 6.18 Å². The molecule has 11 heteroatoms. The highest BCUT2D eigenvalue weighted by atomic mass is 32.2. The normalized spacial score (nSPS) is 13.1. The maximum atomic E-state index is 13.1. The lowest BCUT2D eigenvalue weighted by atomic mass is 10.1. The molecule has 0 atom stereocenters. The summed E-state index contributed by atoms with van der Waals surface area (Å²) in [4.78, 5) is 7.38. The van der Waals surface area contributed by atoms with Crippen molar-refractivity contribution in [3.05, 3.63) is 36.3 Å². The van der Waals surface area contributed by atoms with Crippen molar-refractivity contribution < 1.29 is 26.3 Å². The number of anilines is 1. The Bertz CT molecular complexity index is 1200. The van der Waals surface area contributed by atoms with Gasteiger partial charge in [0, 0.05) is 17.8 Å². The Hall–Kier alpha value is -2.82. The van der Waals surface area contributed by atoms with E-state index in [2.05, 4.69) is 9.97 Å². The predicted molar refractivity (Wildman–Crippen MR) is 101 cm³/mol. The minimum Gasteiger partial charge on any atom is -0.495 e. The molecule has 3 rings (SSSR count). The standard InChI is InChI=1S/C18H19F3N4O3S/c1-17(2,3)29(26,27)13-9-25-11(8-23-16(25)7-12(13)28-4)10-5-14(18(19,20)21)24-15(22)6-10/h5-9H,1-4H3,(H2,22,24). The van der Waals surface area contributed by atoms with Crippen molar-refractivity contribution in [2.75, 3.05) is 12.8 Å². The van der Waals surface area contributed by atoms with Gasteiger partial charge in [0.1, 0.15) is 27.8 Å². The molecule has 0 aliphatic heterocycles. The molecule has 0 amide bonds. The summed E-state index contributed by atoms with van der Waals surface area (Å²) in [6.45, 7) is 4.62. The number of hydrogen-bond acceptors (Lipinski definition) is 6. The molecule has 29 heavy (non-hydrogen) atoms. The molecular formula is C18H19F3N4O3S. The van der Waals surface area contributed by atoms with Crippen LogP contribution in [0.4, 0.5) is 19.0 Å². The minimum absolute atomic E-state index is 0.0924. The molecule has 0 radical (unpaired) electrons. The van der Waals surface area contributed by atoms with Gasteiger partial charge in [0.05, 0.1) is 23.7 Å². The van der Waals surface area contributed by atoms with Crippen LogP contribution in [0, 0.1) is 0 Å². The van der Waals surface area contributed by atoms with Crippen molar-refractivity contribution in [3.63, 3.8) is 0 Å². The van der Waals surface area contributed by atoms with Gasteiger partial charge in [0.25, 0.3) is 0 Å². The second-order valence-electron chi connectivity index (χ2n) is 7.36. The lowest BCUT2D eigenvalue weighted by molar-refractivity contribution is -0.141. The summed E-state index contributed by atoms with van der Waals surface area (Å²) in [6, 6.07) is 3.51. The maximum absolute atomic E-state index is 13.1. The molecule has 0 aliphatic rings. The van der Waals surface area contributed by atoms with E-state index in [4.69, 9.17) is 10.5 Å². The van der Waals surface area contributed by atoms with Crippen LogP contribution in [-0.2, 0) is 16.0 Å². The van der Waals surface area contributed by atoms with Gasteiger partial charge in [-0.15, -0.1) is 0 Å². The summed E-state index contributed by atoms with van der Waals surface area (Å²) in [5, 5.41) is 0. The number of nitrogens with zero attached hydrogens (tertiary/aromatic N) is 3. The van der Waals surface area contributed by atoms with Crippen molar-refractivity contribution in [1.29, 1.82) is 0 Å². The largest absolute Gasteiger partial charge is 0.495 e.